The Balaban J connectivity index is 1.29. The number of hydrogen-bond donors (Lipinski definition) is 2. The summed E-state index contributed by atoms with van der Waals surface area (Å²) in [6.07, 6.45) is 3.63. The molecule has 1 aliphatic carbocycles. The van der Waals surface area contributed by atoms with Gasteiger partial charge in [0.2, 0.25) is 11.8 Å². The fourth-order valence-electron chi connectivity index (χ4n) is 5.59. The number of amides is 2. The topological polar surface area (TPSA) is 95.6 Å². The Bertz CT molecular complexity index is 993. The van der Waals surface area contributed by atoms with Crippen LogP contribution in [0.5, 0.6) is 0 Å². The highest BCUT2D eigenvalue weighted by molar-refractivity contribution is 6.15. The number of rotatable bonds is 4. The Morgan fingerprint density at radius 1 is 1.00 bits per heavy atom. The van der Waals surface area contributed by atoms with Crippen molar-refractivity contribution < 1.29 is 23.6 Å². The lowest BCUT2D eigenvalue weighted by molar-refractivity contribution is -0.136. The molecule has 0 bridgehead atoms. The summed E-state index contributed by atoms with van der Waals surface area (Å²) < 4.78 is 15.0. The molecule has 2 amide bonds. The average Bonchev–Trinajstić information content (AvgIpc) is 2.75. The summed E-state index contributed by atoms with van der Waals surface area (Å²) in [5, 5.41) is 5.64. The third-order valence-electron chi connectivity index (χ3n) is 7.84. The Morgan fingerprint density at radius 2 is 1.72 bits per heavy atom. The van der Waals surface area contributed by atoms with Gasteiger partial charge in [0, 0.05) is 62.0 Å². The molecule has 2 N–H and O–H groups in total. The number of halogens is 1. The summed E-state index contributed by atoms with van der Waals surface area (Å²) in [5.74, 6) is -2.30. The van der Waals surface area contributed by atoms with Gasteiger partial charge in [-0.05, 0) is 49.7 Å². The van der Waals surface area contributed by atoms with Gasteiger partial charge in [-0.25, -0.2) is 4.39 Å². The van der Waals surface area contributed by atoms with Crippen LogP contribution >= 0.6 is 0 Å². The number of fused-ring (bicyclic) bond motifs is 1. The average molecular weight is 442 g/mol. The van der Waals surface area contributed by atoms with Gasteiger partial charge in [-0.15, -0.1) is 0 Å². The van der Waals surface area contributed by atoms with E-state index in [4.69, 9.17) is 0 Å². The van der Waals surface area contributed by atoms with Crippen molar-refractivity contribution in [3.8, 4) is 0 Å². The molecule has 3 saturated heterocycles. The number of piperidine rings is 2. The number of carbonyl (C=O) groups is 4. The second-order valence-electron chi connectivity index (χ2n) is 9.85. The number of carbonyl (C=O) groups excluding carboxylic acids is 4. The van der Waals surface area contributed by atoms with E-state index in [0.29, 0.717) is 42.3 Å². The van der Waals surface area contributed by atoms with Gasteiger partial charge >= 0.3 is 0 Å². The lowest BCUT2D eigenvalue weighted by Gasteiger charge is -2.49. The molecule has 3 heterocycles. The quantitative estimate of drug-likeness (QED) is 0.696. The van der Waals surface area contributed by atoms with Crippen molar-refractivity contribution in [1.82, 2.24) is 10.6 Å². The predicted molar refractivity (Wildman–Crippen MR) is 115 cm³/mol. The molecular weight excluding hydrogens is 413 g/mol. The fraction of sp³-hybridized carbons (Fsp3) is 0.583. The lowest BCUT2D eigenvalue weighted by atomic mass is 9.73. The number of nitrogens with zero attached hydrogens (tertiary/aromatic N) is 1. The minimum absolute atomic E-state index is 0.0823. The summed E-state index contributed by atoms with van der Waals surface area (Å²) in [7, 11) is 0. The maximum Gasteiger partial charge on any atom is 0.229 e. The maximum absolute atomic E-state index is 15.0. The van der Waals surface area contributed by atoms with E-state index in [-0.39, 0.29) is 41.3 Å². The number of hydrogen-bond acceptors (Lipinski definition) is 6. The van der Waals surface area contributed by atoms with Gasteiger partial charge in [0.25, 0.3) is 0 Å². The molecule has 2 atom stereocenters. The minimum atomic E-state index is -0.549. The highest BCUT2D eigenvalue weighted by Gasteiger charge is 2.41. The molecule has 3 aliphatic heterocycles. The van der Waals surface area contributed by atoms with Gasteiger partial charge in [-0.2, -0.15) is 0 Å². The van der Waals surface area contributed by atoms with Crippen LogP contribution in [0.15, 0.2) is 12.1 Å². The number of anilines is 1. The highest BCUT2D eigenvalue weighted by Crippen LogP contribution is 2.39. The van der Waals surface area contributed by atoms with E-state index in [1.807, 2.05) is 4.90 Å². The molecule has 1 spiro atoms. The molecule has 0 saturated carbocycles. The standard InChI is InChI=1S/C24H28FN3O4/c25-18-10-17-16(11-19(18)28-7-5-24(6-8-28)12-26-13-24)20(29)9-15(22(17)31)2-1-14-3-4-21(30)27-23(14)32/h10-11,14-15,26H,1-9,12-13H2,(H,27,30,32). The van der Waals surface area contributed by atoms with Gasteiger partial charge in [0.15, 0.2) is 11.6 Å². The molecule has 4 aliphatic rings. The first-order chi connectivity index (χ1) is 15.3. The summed E-state index contributed by atoms with van der Waals surface area (Å²) in [5.41, 5.74) is 1.22. The van der Waals surface area contributed by atoms with E-state index < -0.39 is 11.7 Å². The van der Waals surface area contributed by atoms with Crippen molar-refractivity contribution >= 4 is 29.1 Å². The molecule has 3 fully saturated rings. The van der Waals surface area contributed by atoms with Crippen molar-refractivity contribution in [1.29, 1.82) is 0 Å². The second kappa shape index (κ2) is 8.06. The fourth-order valence-corrected chi connectivity index (χ4v) is 5.59. The van der Waals surface area contributed by atoms with Gasteiger partial charge in [-0.1, -0.05) is 0 Å². The molecular formula is C24H28FN3O4. The number of ketones is 2. The first-order valence-corrected chi connectivity index (χ1v) is 11.6. The van der Waals surface area contributed by atoms with Crippen molar-refractivity contribution in [2.24, 2.45) is 17.3 Å². The second-order valence-corrected chi connectivity index (χ2v) is 9.85. The smallest absolute Gasteiger partial charge is 0.229 e. The van der Waals surface area contributed by atoms with Crippen molar-refractivity contribution in [3.05, 3.63) is 29.1 Å². The number of imide groups is 1. The summed E-state index contributed by atoms with van der Waals surface area (Å²) in [6, 6.07) is 2.80. The normalized spacial score (nSPS) is 27.2. The van der Waals surface area contributed by atoms with Crippen LogP contribution in [0.3, 0.4) is 0 Å². The molecule has 32 heavy (non-hydrogen) atoms. The Labute approximate surface area is 186 Å². The third kappa shape index (κ3) is 3.74. The summed E-state index contributed by atoms with van der Waals surface area (Å²) in [6.45, 7) is 3.52. The van der Waals surface area contributed by atoms with Crippen LogP contribution in [-0.4, -0.2) is 49.6 Å². The van der Waals surface area contributed by atoms with E-state index in [2.05, 4.69) is 10.6 Å². The largest absolute Gasteiger partial charge is 0.369 e. The molecule has 1 aromatic rings. The van der Waals surface area contributed by atoms with E-state index in [9.17, 15) is 19.2 Å². The lowest BCUT2D eigenvalue weighted by Crippen LogP contribution is -2.58. The monoisotopic (exact) mass is 441 g/mol. The maximum atomic E-state index is 15.0. The molecule has 170 valence electrons. The van der Waals surface area contributed by atoms with Crippen LogP contribution in [0.1, 0.15) is 65.7 Å². The van der Waals surface area contributed by atoms with E-state index in [1.165, 1.54) is 6.07 Å². The first kappa shape index (κ1) is 21.2. The van der Waals surface area contributed by atoms with E-state index in [0.717, 1.165) is 39.0 Å². The molecule has 7 nitrogen and oxygen atoms in total. The molecule has 0 aromatic heterocycles. The van der Waals surface area contributed by atoms with Crippen molar-refractivity contribution in [2.75, 3.05) is 31.1 Å². The van der Waals surface area contributed by atoms with Crippen molar-refractivity contribution in [3.63, 3.8) is 0 Å². The van der Waals surface area contributed by atoms with Crippen LogP contribution in [0.25, 0.3) is 0 Å². The van der Waals surface area contributed by atoms with Gasteiger partial charge in [-0.3, -0.25) is 24.5 Å². The Hall–Kier alpha value is -2.61. The number of nitrogens with one attached hydrogen (secondary N) is 2. The molecule has 5 rings (SSSR count). The molecule has 8 heteroatoms. The van der Waals surface area contributed by atoms with E-state index in [1.54, 1.807) is 6.07 Å². The van der Waals surface area contributed by atoms with Crippen LogP contribution < -0.4 is 15.5 Å². The molecule has 0 radical (unpaired) electrons. The number of Topliss-reactive ketones (excluding diaryl/α,β-unsaturated/α-hetero) is 2. The van der Waals surface area contributed by atoms with Crippen LogP contribution in [0.4, 0.5) is 10.1 Å². The van der Waals surface area contributed by atoms with E-state index >= 15 is 4.39 Å². The van der Waals surface area contributed by atoms with Gasteiger partial charge in [0.1, 0.15) is 5.82 Å². The first-order valence-electron chi connectivity index (χ1n) is 11.6. The molecule has 2 unspecified atom stereocenters. The Kier molecular flexibility index (Phi) is 5.35. The third-order valence-corrected chi connectivity index (χ3v) is 7.84. The predicted octanol–water partition coefficient (Wildman–Crippen LogP) is 2.23. The van der Waals surface area contributed by atoms with Crippen LogP contribution in [-0.2, 0) is 9.59 Å². The summed E-state index contributed by atoms with van der Waals surface area (Å²) >= 11 is 0. The zero-order chi connectivity index (χ0) is 22.5. The Morgan fingerprint density at radius 3 is 2.38 bits per heavy atom. The van der Waals surface area contributed by atoms with Gasteiger partial charge in [0.05, 0.1) is 5.69 Å². The number of benzene rings is 1. The van der Waals surface area contributed by atoms with Crippen molar-refractivity contribution in [2.45, 2.75) is 44.9 Å². The molecule has 1 aromatic carbocycles. The zero-order valence-electron chi connectivity index (χ0n) is 18.0. The summed E-state index contributed by atoms with van der Waals surface area (Å²) in [4.78, 5) is 51.2. The van der Waals surface area contributed by atoms with Crippen LogP contribution in [0.2, 0.25) is 0 Å². The SMILES string of the molecule is O=C1CCC(CCC2CC(=O)c3cc(N4CCC5(CC4)CNC5)c(F)cc3C2=O)C(=O)N1. The van der Waals surface area contributed by atoms with Gasteiger partial charge < -0.3 is 10.2 Å². The van der Waals surface area contributed by atoms with Crippen LogP contribution in [0, 0.1) is 23.1 Å². The minimum Gasteiger partial charge on any atom is -0.369 e. The zero-order valence-corrected chi connectivity index (χ0v) is 18.0. The highest BCUT2D eigenvalue weighted by atomic mass is 19.1.